The van der Waals surface area contributed by atoms with Crippen molar-refractivity contribution >= 4 is 11.9 Å². The molecule has 3 rings (SSSR count). The standard InChI is InChI=1S/C19H20N2O3/c22-17(15-7-8-16(18(23)24)20-12-15)21-13-19(9-4-10-19)11-14-5-2-1-3-6-14/h1-3,5-8,12H,4,9-11,13H2,(H,21,22)(H,23,24). The summed E-state index contributed by atoms with van der Waals surface area (Å²) < 4.78 is 0. The van der Waals surface area contributed by atoms with Crippen molar-refractivity contribution in [2.24, 2.45) is 5.41 Å². The summed E-state index contributed by atoms with van der Waals surface area (Å²) in [5, 5.41) is 11.8. The molecule has 1 aromatic heterocycles. The Morgan fingerprint density at radius 1 is 1.12 bits per heavy atom. The summed E-state index contributed by atoms with van der Waals surface area (Å²) >= 11 is 0. The third-order valence-corrected chi connectivity index (χ3v) is 4.70. The van der Waals surface area contributed by atoms with Gasteiger partial charge in [-0.15, -0.1) is 0 Å². The maximum atomic E-state index is 12.3. The second kappa shape index (κ2) is 6.83. The Morgan fingerprint density at radius 3 is 2.42 bits per heavy atom. The van der Waals surface area contributed by atoms with Crippen molar-refractivity contribution in [1.29, 1.82) is 0 Å². The van der Waals surface area contributed by atoms with Gasteiger partial charge in [0.1, 0.15) is 5.69 Å². The van der Waals surface area contributed by atoms with E-state index in [1.165, 1.54) is 30.3 Å². The second-order valence-electron chi connectivity index (χ2n) is 6.44. The van der Waals surface area contributed by atoms with Gasteiger partial charge >= 0.3 is 5.97 Å². The summed E-state index contributed by atoms with van der Waals surface area (Å²) in [7, 11) is 0. The van der Waals surface area contributed by atoms with Gasteiger partial charge in [-0.25, -0.2) is 9.78 Å². The Bertz CT molecular complexity index is 722. The molecule has 124 valence electrons. The molecule has 1 fully saturated rings. The summed E-state index contributed by atoms with van der Waals surface area (Å²) in [6.45, 7) is 0.626. The van der Waals surface area contributed by atoms with Crippen LogP contribution in [0.5, 0.6) is 0 Å². The number of aromatic nitrogens is 1. The number of rotatable bonds is 6. The highest BCUT2D eigenvalue weighted by molar-refractivity contribution is 5.94. The maximum Gasteiger partial charge on any atom is 0.354 e. The van der Waals surface area contributed by atoms with Crippen molar-refractivity contribution < 1.29 is 14.7 Å². The SMILES string of the molecule is O=C(NCC1(Cc2ccccc2)CCC1)c1ccc(C(=O)O)nc1. The molecule has 1 aromatic carbocycles. The van der Waals surface area contributed by atoms with Crippen molar-refractivity contribution in [3.05, 3.63) is 65.5 Å². The molecule has 0 bridgehead atoms. The molecule has 1 saturated carbocycles. The molecule has 0 aliphatic heterocycles. The number of benzene rings is 1. The summed E-state index contributed by atoms with van der Waals surface area (Å²) in [5.74, 6) is -1.31. The highest BCUT2D eigenvalue weighted by Gasteiger charge is 2.37. The van der Waals surface area contributed by atoms with E-state index in [1.54, 1.807) is 0 Å². The first-order valence-electron chi connectivity index (χ1n) is 8.10. The highest BCUT2D eigenvalue weighted by atomic mass is 16.4. The molecular weight excluding hydrogens is 304 g/mol. The number of hydrogen-bond donors (Lipinski definition) is 2. The zero-order valence-corrected chi connectivity index (χ0v) is 13.4. The predicted molar refractivity (Wildman–Crippen MR) is 90.0 cm³/mol. The van der Waals surface area contributed by atoms with E-state index in [-0.39, 0.29) is 17.0 Å². The lowest BCUT2D eigenvalue weighted by molar-refractivity contribution is 0.0689. The van der Waals surface area contributed by atoms with E-state index in [4.69, 9.17) is 5.11 Å². The zero-order valence-electron chi connectivity index (χ0n) is 13.4. The second-order valence-corrected chi connectivity index (χ2v) is 6.44. The summed E-state index contributed by atoms with van der Waals surface area (Å²) in [6, 6.07) is 13.2. The van der Waals surface area contributed by atoms with Crippen LogP contribution in [0.3, 0.4) is 0 Å². The smallest absolute Gasteiger partial charge is 0.354 e. The van der Waals surface area contributed by atoms with E-state index >= 15 is 0 Å². The van der Waals surface area contributed by atoms with Crippen molar-refractivity contribution in [1.82, 2.24) is 10.3 Å². The van der Waals surface area contributed by atoms with Crippen molar-refractivity contribution in [3.63, 3.8) is 0 Å². The Morgan fingerprint density at radius 2 is 1.88 bits per heavy atom. The third kappa shape index (κ3) is 3.62. The van der Waals surface area contributed by atoms with Crippen LogP contribution in [0.2, 0.25) is 0 Å². The molecule has 24 heavy (non-hydrogen) atoms. The monoisotopic (exact) mass is 324 g/mol. The van der Waals surface area contributed by atoms with Crippen LogP contribution in [-0.4, -0.2) is 28.5 Å². The maximum absolute atomic E-state index is 12.3. The number of amides is 1. The Hall–Kier alpha value is -2.69. The molecular formula is C19H20N2O3. The van der Waals surface area contributed by atoms with Crippen LogP contribution in [0.15, 0.2) is 48.7 Å². The lowest BCUT2D eigenvalue weighted by Crippen LogP contribution is -2.43. The van der Waals surface area contributed by atoms with Crippen LogP contribution in [0.1, 0.15) is 45.7 Å². The number of pyridine rings is 1. The summed E-state index contributed by atoms with van der Waals surface area (Å²) in [4.78, 5) is 26.8. The number of nitrogens with zero attached hydrogens (tertiary/aromatic N) is 1. The number of carboxylic acids is 1. The molecule has 0 radical (unpaired) electrons. The average molecular weight is 324 g/mol. The normalized spacial score (nSPS) is 15.3. The van der Waals surface area contributed by atoms with Gasteiger partial charge in [-0.05, 0) is 42.4 Å². The fourth-order valence-electron chi connectivity index (χ4n) is 3.15. The minimum Gasteiger partial charge on any atom is -0.477 e. The molecule has 0 atom stereocenters. The van der Waals surface area contributed by atoms with Crippen molar-refractivity contribution in [2.45, 2.75) is 25.7 Å². The van der Waals surface area contributed by atoms with E-state index in [1.807, 2.05) is 18.2 Å². The van der Waals surface area contributed by atoms with Crippen LogP contribution < -0.4 is 5.32 Å². The van der Waals surface area contributed by atoms with E-state index < -0.39 is 5.97 Å². The number of carbonyl (C=O) groups is 2. The fraction of sp³-hybridized carbons (Fsp3) is 0.316. The molecule has 5 nitrogen and oxygen atoms in total. The Balaban J connectivity index is 1.61. The van der Waals surface area contributed by atoms with Crippen LogP contribution >= 0.6 is 0 Å². The van der Waals surface area contributed by atoms with Gasteiger partial charge < -0.3 is 10.4 Å². The largest absolute Gasteiger partial charge is 0.477 e. The van der Waals surface area contributed by atoms with Gasteiger partial charge in [0.05, 0.1) is 5.56 Å². The minimum absolute atomic E-state index is 0.0638. The van der Waals surface area contributed by atoms with Gasteiger partial charge in [0.25, 0.3) is 5.91 Å². The van der Waals surface area contributed by atoms with Gasteiger partial charge in [0.15, 0.2) is 0 Å². The lowest BCUT2D eigenvalue weighted by atomic mass is 9.65. The first-order chi connectivity index (χ1) is 11.6. The highest BCUT2D eigenvalue weighted by Crippen LogP contribution is 2.43. The molecule has 0 saturated heterocycles. The topological polar surface area (TPSA) is 79.3 Å². The summed E-state index contributed by atoms with van der Waals surface area (Å²) in [5.41, 5.74) is 1.74. The van der Waals surface area contributed by atoms with E-state index in [9.17, 15) is 9.59 Å². The average Bonchev–Trinajstić information content (AvgIpc) is 2.58. The molecule has 1 amide bonds. The molecule has 5 heteroatoms. The molecule has 1 heterocycles. The third-order valence-electron chi connectivity index (χ3n) is 4.70. The molecule has 1 aliphatic rings. The fourth-order valence-corrected chi connectivity index (χ4v) is 3.15. The van der Waals surface area contributed by atoms with Crippen molar-refractivity contribution in [3.8, 4) is 0 Å². The summed E-state index contributed by atoms with van der Waals surface area (Å²) in [6.07, 6.45) is 5.68. The first-order valence-corrected chi connectivity index (χ1v) is 8.10. The van der Waals surface area contributed by atoms with Crippen LogP contribution in [0, 0.1) is 5.41 Å². The molecule has 2 aromatic rings. The number of aromatic carboxylic acids is 1. The lowest BCUT2D eigenvalue weighted by Gasteiger charge is -2.42. The van der Waals surface area contributed by atoms with Gasteiger partial charge in [-0.1, -0.05) is 36.8 Å². The van der Waals surface area contributed by atoms with Gasteiger partial charge in [0, 0.05) is 12.7 Å². The van der Waals surface area contributed by atoms with E-state index in [0.717, 1.165) is 19.3 Å². The van der Waals surface area contributed by atoms with Gasteiger partial charge in [-0.3, -0.25) is 4.79 Å². The Labute approximate surface area is 140 Å². The molecule has 1 aliphatic carbocycles. The quantitative estimate of drug-likeness (QED) is 0.856. The number of carbonyl (C=O) groups excluding carboxylic acids is 1. The van der Waals surface area contributed by atoms with Crippen LogP contribution in [0.25, 0.3) is 0 Å². The van der Waals surface area contributed by atoms with Crippen molar-refractivity contribution in [2.75, 3.05) is 6.54 Å². The molecule has 0 spiro atoms. The van der Waals surface area contributed by atoms with E-state index in [0.29, 0.717) is 12.1 Å². The number of hydrogen-bond acceptors (Lipinski definition) is 3. The molecule has 2 N–H and O–H groups in total. The van der Waals surface area contributed by atoms with E-state index in [2.05, 4.69) is 22.4 Å². The Kier molecular flexibility index (Phi) is 4.60. The number of carboxylic acid groups (broad SMARTS) is 1. The first kappa shape index (κ1) is 16.2. The van der Waals surface area contributed by atoms with Crippen LogP contribution in [0.4, 0.5) is 0 Å². The van der Waals surface area contributed by atoms with Gasteiger partial charge in [0.2, 0.25) is 0 Å². The molecule has 0 unspecified atom stereocenters. The van der Waals surface area contributed by atoms with Gasteiger partial charge in [-0.2, -0.15) is 0 Å². The number of nitrogens with one attached hydrogen (secondary N) is 1. The minimum atomic E-state index is -1.10. The predicted octanol–water partition coefficient (Wildman–Crippen LogP) is 2.92. The zero-order chi connectivity index (χ0) is 17.0. The van der Waals surface area contributed by atoms with Crippen LogP contribution in [-0.2, 0) is 6.42 Å².